The molecule has 4 nitrogen and oxygen atoms in total. The molecule has 4 rings (SSSR count). The molecule has 0 aromatic heterocycles. The highest BCUT2D eigenvalue weighted by molar-refractivity contribution is 7.89. The van der Waals surface area contributed by atoms with Crippen LogP contribution in [0.25, 0.3) is 10.8 Å². The SMILES string of the molecule is Cc1cccc(S(=O)(=O)NC[C@H](c2cccc3ccccc23)[NH+]2CCCC2)c1C. The zero-order valence-corrected chi connectivity index (χ0v) is 17.9. The molecule has 1 aliphatic rings. The monoisotopic (exact) mass is 409 g/mol. The van der Waals surface area contributed by atoms with E-state index in [1.807, 2.05) is 32.0 Å². The number of benzene rings is 3. The Morgan fingerprint density at radius 3 is 2.41 bits per heavy atom. The van der Waals surface area contributed by atoms with Crippen LogP contribution in [0.2, 0.25) is 0 Å². The second-order valence-electron chi connectivity index (χ2n) is 8.04. The summed E-state index contributed by atoms with van der Waals surface area (Å²) in [5.74, 6) is 0. The standard InChI is InChI=1S/C24H28N2O2S/c1-18-9-7-14-24(19(18)2)29(27,28)25-17-23(26-15-5-6-16-26)22-13-8-11-20-10-3-4-12-21(20)22/h3-4,7-14,23,25H,5-6,15-17H2,1-2H3/p+1/t23-/m1/s1. The van der Waals surface area contributed by atoms with E-state index in [1.54, 1.807) is 6.07 Å². The molecule has 0 bridgehead atoms. The summed E-state index contributed by atoms with van der Waals surface area (Å²) >= 11 is 0. The van der Waals surface area contributed by atoms with Gasteiger partial charge >= 0.3 is 0 Å². The quantitative estimate of drug-likeness (QED) is 0.657. The Morgan fingerprint density at radius 1 is 0.931 bits per heavy atom. The van der Waals surface area contributed by atoms with Gasteiger partial charge in [-0.15, -0.1) is 0 Å². The summed E-state index contributed by atoms with van der Waals surface area (Å²) in [4.78, 5) is 1.84. The van der Waals surface area contributed by atoms with Crippen molar-refractivity contribution in [3.8, 4) is 0 Å². The van der Waals surface area contributed by atoms with Gasteiger partial charge in [0.25, 0.3) is 0 Å². The van der Waals surface area contributed by atoms with Gasteiger partial charge < -0.3 is 4.90 Å². The fourth-order valence-corrected chi connectivity index (χ4v) is 5.86. The van der Waals surface area contributed by atoms with Gasteiger partial charge in [0.2, 0.25) is 10.0 Å². The lowest BCUT2D eigenvalue weighted by Gasteiger charge is -2.26. The van der Waals surface area contributed by atoms with Crippen molar-refractivity contribution >= 4 is 20.8 Å². The normalized spacial score (nSPS) is 16.3. The minimum Gasteiger partial charge on any atom is -0.328 e. The van der Waals surface area contributed by atoms with Gasteiger partial charge in [-0.25, -0.2) is 13.1 Å². The van der Waals surface area contributed by atoms with Crippen LogP contribution >= 0.6 is 0 Å². The van der Waals surface area contributed by atoms with E-state index in [1.165, 1.54) is 34.1 Å². The van der Waals surface area contributed by atoms with Gasteiger partial charge in [0.15, 0.2) is 0 Å². The van der Waals surface area contributed by atoms with Crippen molar-refractivity contribution in [3.05, 3.63) is 77.4 Å². The average molecular weight is 410 g/mol. The van der Waals surface area contributed by atoms with Crippen molar-refractivity contribution in [1.82, 2.24) is 4.72 Å². The van der Waals surface area contributed by atoms with E-state index in [0.29, 0.717) is 11.4 Å². The molecule has 1 atom stereocenters. The summed E-state index contributed by atoms with van der Waals surface area (Å²) in [5, 5.41) is 2.41. The van der Waals surface area contributed by atoms with E-state index >= 15 is 0 Å². The molecule has 5 heteroatoms. The molecule has 0 aliphatic carbocycles. The second-order valence-corrected chi connectivity index (χ2v) is 9.77. The minimum atomic E-state index is -3.56. The number of hydrogen-bond donors (Lipinski definition) is 2. The Balaban J connectivity index is 1.67. The van der Waals surface area contributed by atoms with Crippen LogP contribution in [0.3, 0.4) is 0 Å². The van der Waals surface area contributed by atoms with Crippen molar-refractivity contribution in [2.45, 2.75) is 37.6 Å². The van der Waals surface area contributed by atoms with E-state index in [-0.39, 0.29) is 6.04 Å². The molecule has 29 heavy (non-hydrogen) atoms. The van der Waals surface area contributed by atoms with Crippen molar-refractivity contribution in [3.63, 3.8) is 0 Å². The van der Waals surface area contributed by atoms with Crippen LogP contribution < -0.4 is 9.62 Å². The van der Waals surface area contributed by atoms with E-state index in [9.17, 15) is 8.42 Å². The smallest absolute Gasteiger partial charge is 0.241 e. The molecule has 0 unspecified atom stereocenters. The van der Waals surface area contributed by atoms with Gasteiger partial charge in [0, 0.05) is 18.4 Å². The van der Waals surface area contributed by atoms with E-state index in [4.69, 9.17) is 0 Å². The van der Waals surface area contributed by atoms with Crippen LogP contribution in [-0.2, 0) is 10.0 Å². The van der Waals surface area contributed by atoms with Gasteiger partial charge in [0.05, 0.1) is 24.5 Å². The van der Waals surface area contributed by atoms with Crippen LogP contribution in [0.5, 0.6) is 0 Å². The largest absolute Gasteiger partial charge is 0.328 e. The number of rotatable bonds is 6. The second kappa shape index (κ2) is 8.27. The fraction of sp³-hybridized carbons (Fsp3) is 0.333. The Kier molecular flexibility index (Phi) is 5.72. The van der Waals surface area contributed by atoms with E-state index < -0.39 is 10.0 Å². The molecular weight excluding hydrogens is 380 g/mol. The first-order chi connectivity index (χ1) is 14.0. The third-order valence-electron chi connectivity index (χ3n) is 6.26. The highest BCUT2D eigenvalue weighted by Gasteiger charge is 2.30. The highest BCUT2D eigenvalue weighted by atomic mass is 32.2. The maximum absolute atomic E-state index is 13.1. The lowest BCUT2D eigenvalue weighted by Crippen LogP contribution is -3.11. The van der Waals surface area contributed by atoms with E-state index in [2.05, 4.69) is 41.1 Å². The Morgan fingerprint density at radius 2 is 1.62 bits per heavy atom. The molecule has 1 fully saturated rings. The molecule has 1 aliphatic heterocycles. The Hall–Kier alpha value is -2.21. The zero-order chi connectivity index (χ0) is 20.4. The number of quaternary nitrogens is 1. The maximum Gasteiger partial charge on any atom is 0.241 e. The van der Waals surface area contributed by atoms with Crippen molar-refractivity contribution in [1.29, 1.82) is 0 Å². The lowest BCUT2D eigenvalue weighted by atomic mass is 9.98. The first-order valence-electron chi connectivity index (χ1n) is 10.4. The maximum atomic E-state index is 13.1. The molecule has 0 spiro atoms. The lowest BCUT2D eigenvalue weighted by molar-refractivity contribution is -0.918. The summed E-state index contributed by atoms with van der Waals surface area (Å²) in [6.07, 6.45) is 2.39. The molecule has 1 heterocycles. The Bertz CT molecular complexity index is 1110. The molecule has 0 saturated carbocycles. The van der Waals surface area contributed by atoms with Gasteiger partial charge in [0.1, 0.15) is 6.04 Å². The molecule has 3 aromatic carbocycles. The third kappa shape index (κ3) is 4.08. The molecule has 152 valence electrons. The number of nitrogens with one attached hydrogen (secondary N) is 2. The van der Waals surface area contributed by atoms with Gasteiger partial charge in [-0.1, -0.05) is 54.6 Å². The molecule has 2 N–H and O–H groups in total. The molecule has 0 radical (unpaired) electrons. The number of sulfonamides is 1. The molecule has 0 amide bonds. The fourth-order valence-electron chi connectivity index (χ4n) is 4.49. The van der Waals surface area contributed by atoms with Crippen molar-refractivity contribution in [2.24, 2.45) is 0 Å². The Labute approximate surface area is 173 Å². The van der Waals surface area contributed by atoms with Crippen LogP contribution in [-0.4, -0.2) is 28.1 Å². The van der Waals surface area contributed by atoms with Crippen molar-refractivity contribution < 1.29 is 13.3 Å². The first-order valence-corrected chi connectivity index (χ1v) is 11.8. The third-order valence-corrected chi connectivity index (χ3v) is 7.83. The highest BCUT2D eigenvalue weighted by Crippen LogP contribution is 2.24. The number of hydrogen-bond acceptors (Lipinski definition) is 2. The van der Waals surface area contributed by atoms with Crippen LogP contribution in [0.4, 0.5) is 0 Å². The van der Waals surface area contributed by atoms with Crippen molar-refractivity contribution in [2.75, 3.05) is 19.6 Å². The molecular formula is C24H29N2O2S+. The summed E-state index contributed by atoms with van der Waals surface area (Å²) in [6.45, 7) is 6.39. The predicted octanol–water partition coefficient (Wildman–Crippen LogP) is 3.15. The summed E-state index contributed by atoms with van der Waals surface area (Å²) in [6, 6.07) is 20.3. The molecule has 1 saturated heterocycles. The van der Waals surface area contributed by atoms with Gasteiger partial charge in [-0.2, -0.15) is 0 Å². The number of aryl methyl sites for hydroxylation is 1. The summed E-state index contributed by atoms with van der Waals surface area (Å²) in [5.41, 5.74) is 3.03. The van der Waals surface area contributed by atoms with Crippen LogP contribution in [0, 0.1) is 13.8 Å². The number of likely N-dealkylation sites (tertiary alicyclic amines) is 1. The summed E-state index contributed by atoms with van der Waals surface area (Å²) < 4.78 is 29.1. The average Bonchev–Trinajstić information content (AvgIpc) is 3.25. The topological polar surface area (TPSA) is 50.6 Å². The number of fused-ring (bicyclic) bond motifs is 1. The minimum absolute atomic E-state index is 0.100. The zero-order valence-electron chi connectivity index (χ0n) is 17.1. The molecule has 3 aromatic rings. The predicted molar refractivity (Wildman–Crippen MR) is 118 cm³/mol. The first kappa shape index (κ1) is 20.1. The van der Waals surface area contributed by atoms with Crippen LogP contribution in [0.1, 0.15) is 35.6 Å². The van der Waals surface area contributed by atoms with Gasteiger partial charge in [-0.05, 0) is 41.8 Å². The van der Waals surface area contributed by atoms with Gasteiger partial charge in [-0.3, -0.25) is 0 Å². The van der Waals surface area contributed by atoms with E-state index in [0.717, 1.165) is 24.2 Å². The summed E-state index contributed by atoms with van der Waals surface area (Å²) in [7, 11) is -3.56. The van der Waals surface area contributed by atoms with Crippen LogP contribution in [0.15, 0.2) is 65.6 Å².